The molecule has 2 aromatic carbocycles. The zero-order chi connectivity index (χ0) is 18.6. The summed E-state index contributed by atoms with van der Waals surface area (Å²) >= 11 is 3.46. The predicted molar refractivity (Wildman–Crippen MR) is 107 cm³/mol. The van der Waals surface area contributed by atoms with Crippen LogP contribution in [0.25, 0.3) is 11.0 Å². The Labute approximate surface area is 165 Å². The van der Waals surface area contributed by atoms with Gasteiger partial charge in [-0.15, -0.1) is 0 Å². The smallest absolute Gasteiger partial charge is 0.256 e. The molecule has 0 unspecified atom stereocenters. The minimum absolute atomic E-state index is 0.0787. The first-order valence-corrected chi connectivity index (χ1v) is 9.71. The summed E-state index contributed by atoms with van der Waals surface area (Å²) in [5.74, 6) is -0.217. The van der Waals surface area contributed by atoms with Crippen molar-refractivity contribution in [2.45, 2.75) is 18.9 Å². The lowest BCUT2D eigenvalue weighted by Gasteiger charge is -2.11. The van der Waals surface area contributed by atoms with E-state index in [1.807, 2.05) is 54.6 Å². The molecular weight excluding hydrogens is 408 g/mol. The van der Waals surface area contributed by atoms with Gasteiger partial charge in [-0.3, -0.25) is 4.79 Å². The number of para-hydroxylation sites is 1. The first-order valence-electron chi connectivity index (χ1n) is 8.92. The van der Waals surface area contributed by atoms with Gasteiger partial charge >= 0.3 is 0 Å². The first-order chi connectivity index (χ1) is 13.2. The number of hydrogen-bond donors (Lipinski definition) is 1. The van der Waals surface area contributed by atoms with Gasteiger partial charge in [0.05, 0.1) is 11.8 Å². The molecule has 6 heteroatoms. The third-order valence-electron chi connectivity index (χ3n) is 4.45. The predicted octanol–water partition coefficient (Wildman–Crippen LogP) is 4.34. The van der Waals surface area contributed by atoms with Gasteiger partial charge in [-0.1, -0.05) is 34.1 Å². The maximum atomic E-state index is 12.8. The van der Waals surface area contributed by atoms with Crippen LogP contribution < -0.4 is 10.9 Å². The van der Waals surface area contributed by atoms with Crippen LogP contribution in [0.5, 0.6) is 0 Å². The number of hydrogen-bond acceptors (Lipinski definition) is 4. The van der Waals surface area contributed by atoms with Gasteiger partial charge in [-0.25, -0.2) is 4.99 Å². The van der Waals surface area contributed by atoms with E-state index in [9.17, 15) is 4.79 Å². The molecule has 0 saturated carbocycles. The zero-order valence-electron chi connectivity index (χ0n) is 14.7. The molecule has 2 heterocycles. The van der Waals surface area contributed by atoms with Gasteiger partial charge in [0, 0.05) is 23.0 Å². The van der Waals surface area contributed by atoms with Crippen molar-refractivity contribution in [1.82, 2.24) is 5.32 Å². The van der Waals surface area contributed by atoms with Crippen LogP contribution in [0.3, 0.4) is 0 Å². The lowest BCUT2D eigenvalue weighted by atomic mass is 10.1. The molecule has 1 aliphatic heterocycles. The van der Waals surface area contributed by atoms with Crippen LogP contribution in [-0.4, -0.2) is 25.2 Å². The standard InChI is InChI=1S/C21H19BrN2O3/c22-15-8-9-19-14(11-15)12-18(20(25)23-13-17-7-4-10-26-17)21(27-19)24-16-5-2-1-3-6-16/h1-3,5-6,8-9,11-12,17H,4,7,10,13H2,(H,23,25)/t17-/m1/s1. The van der Waals surface area contributed by atoms with Crippen molar-refractivity contribution < 1.29 is 13.9 Å². The summed E-state index contributed by atoms with van der Waals surface area (Å²) in [7, 11) is 0. The fourth-order valence-electron chi connectivity index (χ4n) is 3.07. The van der Waals surface area contributed by atoms with E-state index in [-0.39, 0.29) is 12.0 Å². The molecule has 1 fully saturated rings. The minimum Gasteiger partial charge on any atom is -0.438 e. The van der Waals surface area contributed by atoms with Crippen LogP contribution in [-0.2, 0) is 4.74 Å². The van der Waals surface area contributed by atoms with Crippen LogP contribution in [0.1, 0.15) is 23.2 Å². The highest BCUT2D eigenvalue weighted by atomic mass is 79.9. The van der Waals surface area contributed by atoms with Crippen molar-refractivity contribution >= 4 is 38.5 Å². The Morgan fingerprint density at radius 3 is 2.81 bits per heavy atom. The highest BCUT2D eigenvalue weighted by molar-refractivity contribution is 9.10. The quantitative estimate of drug-likeness (QED) is 0.674. The molecule has 1 aliphatic rings. The number of ether oxygens (including phenoxy) is 1. The van der Waals surface area contributed by atoms with Crippen molar-refractivity contribution in [3.8, 4) is 0 Å². The van der Waals surface area contributed by atoms with Gasteiger partial charge in [0.1, 0.15) is 11.1 Å². The van der Waals surface area contributed by atoms with E-state index >= 15 is 0 Å². The van der Waals surface area contributed by atoms with E-state index in [0.29, 0.717) is 23.2 Å². The van der Waals surface area contributed by atoms with Gasteiger partial charge in [0.25, 0.3) is 5.91 Å². The fourth-order valence-corrected chi connectivity index (χ4v) is 3.45. The average molecular weight is 427 g/mol. The molecule has 5 nitrogen and oxygen atoms in total. The number of benzene rings is 2. The maximum Gasteiger partial charge on any atom is 0.256 e. The Balaban J connectivity index is 1.74. The largest absolute Gasteiger partial charge is 0.438 e. The molecule has 1 saturated heterocycles. The Morgan fingerprint density at radius 1 is 1.19 bits per heavy atom. The monoisotopic (exact) mass is 426 g/mol. The number of rotatable bonds is 4. The number of carbonyl (C=O) groups is 1. The molecule has 1 aromatic heterocycles. The summed E-state index contributed by atoms with van der Waals surface area (Å²) in [6.45, 7) is 1.24. The van der Waals surface area contributed by atoms with Crippen molar-refractivity contribution in [2.24, 2.45) is 4.99 Å². The SMILES string of the molecule is O=C(NC[C@H]1CCCO1)c1cc2cc(Br)ccc2oc1=Nc1ccccc1. The third kappa shape index (κ3) is 4.28. The summed E-state index contributed by atoms with van der Waals surface area (Å²) in [5, 5.41) is 3.78. The van der Waals surface area contributed by atoms with Gasteiger partial charge in [-0.05, 0) is 49.2 Å². The highest BCUT2D eigenvalue weighted by Gasteiger charge is 2.18. The van der Waals surface area contributed by atoms with E-state index < -0.39 is 0 Å². The molecule has 27 heavy (non-hydrogen) atoms. The summed E-state index contributed by atoms with van der Waals surface area (Å²) in [5.41, 5.74) is 2.10. The molecule has 0 aliphatic carbocycles. The van der Waals surface area contributed by atoms with Crippen LogP contribution in [0, 0.1) is 0 Å². The number of halogens is 1. The van der Waals surface area contributed by atoms with Crippen molar-refractivity contribution in [1.29, 1.82) is 0 Å². The molecule has 3 aromatic rings. The van der Waals surface area contributed by atoms with E-state index in [0.717, 1.165) is 35.0 Å². The third-order valence-corrected chi connectivity index (χ3v) is 4.95. The second-order valence-electron chi connectivity index (χ2n) is 6.44. The normalized spacial score (nSPS) is 17.4. The van der Waals surface area contributed by atoms with Crippen LogP contribution in [0.4, 0.5) is 5.69 Å². The van der Waals surface area contributed by atoms with Crippen LogP contribution in [0.15, 0.2) is 68.5 Å². The van der Waals surface area contributed by atoms with Crippen molar-refractivity contribution in [3.63, 3.8) is 0 Å². The highest BCUT2D eigenvalue weighted by Crippen LogP contribution is 2.20. The van der Waals surface area contributed by atoms with Gasteiger partial charge in [0.2, 0.25) is 5.55 Å². The molecule has 4 rings (SSSR count). The van der Waals surface area contributed by atoms with E-state index in [1.54, 1.807) is 0 Å². The van der Waals surface area contributed by atoms with Crippen LogP contribution >= 0.6 is 15.9 Å². The molecule has 0 spiro atoms. The number of nitrogens with zero attached hydrogens (tertiary/aromatic N) is 1. The lowest BCUT2D eigenvalue weighted by molar-refractivity contribution is 0.0854. The van der Waals surface area contributed by atoms with Gasteiger partial charge in [0.15, 0.2) is 0 Å². The first kappa shape index (κ1) is 17.9. The maximum absolute atomic E-state index is 12.8. The topological polar surface area (TPSA) is 63.8 Å². The average Bonchev–Trinajstić information content (AvgIpc) is 3.20. The number of nitrogens with one attached hydrogen (secondary N) is 1. The Hall–Kier alpha value is -2.44. The second-order valence-corrected chi connectivity index (χ2v) is 7.36. The van der Waals surface area contributed by atoms with Gasteiger partial charge in [-0.2, -0.15) is 0 Å². The van der Waals surface area contributed by atoms with Crippen LogP contribution in [0.2, 0.25) is 0 Å². The van der Waals surface area contributed by atoms with Gasteiger partial charge < -0.3 is 14.5 Å². The molecule has 1 amide bonds. The molecule has 0 bridgehead atoms. The Morgan fingerprint density at radius 2 is 2.04 bits per heavy atom. The second kappa shape index (κ2) is 8.06. The minimum atomic E-state index is -0.217. The Kier molecular flexibility index (Phi) is 5.36. The summed E-state index contributed by atoms with van der Waals surface area (Å²) in [6.07, 6.45) is 2.08. The summed E-state index contributed by atoms with van der Waals surface area (Å²) in [6, 6.07) is 16.9. The van der Waals surface area contributed by atoms with Crippen molar-refractivity contribution in [3.05, 3.63) is 70.2 Å². The fraction of sp³-hybridized carbons (Fsp3) is 0.238. The lowest BCUT2D eigenvalue weighted by Crippen LogP contribution is -2.34. The Bertz CT molecular complexity index is 1020. The molecule has 0 radical (unpaired) electrons. The van der Waals surface area contributed by atoms with E-state index in [1.165, 1.54) is 0 Å². The number of fused-ring (bicyclic) bond motifs is 1. The summed E-state index contributed by atoms with van der Waals surface area (Å²) < 4.78 is 12.5. The number of amides is 1. The molecular formula is C21H19BrN2O3. The van der Waals surface area contributed by atoms with E-state index in [4.69, 9.17) is 9.15 Å². The summed E-state index contributed by atoms with van der Waals surface area (Å²) in [4.78, 5) is 17.4. The molecule has 138 valence electrons. The molecule has 1 atom stereocenters. The van der Waals surface area contributed by atoms with E-state index in [2.05, 4.69) is 26.2 Å². The zero-order valence-corrected chi connectivity index (χ0v) is 16.2. The molecule has 1 N–H and O–H groups in total. The van der Waals surface area contributed by atoms with Crippen molar-refractivity contribution in [2.75, 3.05) is 13.2 Å². The number of carbonyl (C=O) groups excluding carboxylic acids is 1.